The van der Waals surface area contributed by atoms with E-state index in [1.165, 1.54) is 0 Å². The largest absolute Gasteiger partial charge is 0.240 e. The molecule has 0 saturated carbocycles. The molecule has 1 N–H and O–H groups in total. The van der Waals surface area contributed by atoms with Gasteiger partial charge in [0.2, 0.25) is 20.0 Å². The zero-order chi connectivity index (χ0) is 25.2. The topological polar surface area (TPSA) is 83.6 Å². The number of fused-ring (bicyclic) bond motifs is 1. The second-order valence-electron chi connectivity index (χ2n) is 10.9. The third-order valence-corrected chi connectivity index (χ3v) is 12.9. The monoisotopic (exact) mass is 588 g/mol. The number of nitrogens with one attached hydrogen (secondary N) is 1. The van der Waals surface area contributed by atoms with Crippen LogP contribution in [0.4, 0.5) is 0 Å². The lowest BCUT2D eigenvalue weighted by atomic mass is 9.61. The predicted octanol–water partition coefficient (Wildman–Crippen LogP) is 4.86. The van der Waals surface area contributed by atoms with Crippen LogP contribution < -0.4 is 4.72 Å². The highest BCUT2D eigenvalue weighted by Gasteiger charge is 2.50. The molecule has 1 saturated heterocycles. The van der Waals surface area contributed by atoms with Gasteiger partial charge in [-0.05, 0) is 61.4 Å². The van der Waals surface area contributed by atoms with Crippen molar-refractivity contribution in [3.63, 3.8) is 0 Å². The average Bonchev–Trinajstić information content (AvgIpc) is 2.76. The maximum Gasteiger partial charge on any atom is 0.240 e. The molecular formula is C24H37BrN2O4S2Si. The van der Waals surface area contributed by atoms with Gasteiger partial charge >= 0.3 is 0 Å². The van der Waals surface area contributed by atoms with E-state index in [2.05, 4.69) is 59.0 Å². The van der Waals surface area contributed by atoms with Crippen molar-refractivity contribution in [1.29, 1.82) is 0 Å². The number of sulfonamides is 2. The Morgan fingerprint density at radius 1 is 1.15 bits per heavy atom. The van der Waals surface area contributed by atoms with E-state index >= 15 is 0 Å². The summed E-state index contributed by atoms with van der Waals surface area (Å²) >= 11 is 3.34. The Kier molecular flexibility index (Phi) is 8.73. The SMILES string of the molecule is C=CCC1(CNS(=O)(=O)c2ccc(Br)cc2)CN(S(=O)(=O)CC[Si](C)(C)C)C[C@H]2CC=CC[C@H]21. The maximum absolute atomic E-state index is 13.4. The Balaban J connectivity index is 1.91. The van der Waals surface area contributed by atoms with Crippen LogP contribution in [-0.4, -0.2) is 54.6 Å². The van der Waals surface area contributed by atoms with Crippen LogP contribution in [0.2, 0.25) is 25.7 Å². The van der Waals surface area contributed by atoms with Crippen molar-refractivity contribution in [2.24, 2.45) is 17.3 Å². The van der Waals surface area contributed by atoms with Crippen LogP contribution in [-0.2, 0) is 20.0 Å². The summed E-state index contributed by atoms with van der Waals surface area (Å²) in [5, 5.41) is 0. The first-order valence-corrected chi connectivity index (χ1v) is 19.4. The third-order valence-electron chi connectivity index (χ3n) is 7.07. The van der Waals surface area contributed by atoms with Gasteiger partial charge in [0, 0.05) is 37.6 Å². The van der Waals surface area contributed by atoms with Gasteiger partial charge in [-0.3, -0.25) is 0 Å². The van der Waals surface area contributed by atoms with Gasteiger partial charge in [0.25, 0.3) is 0 Å². The molecule has 1 unspecified atom stereocenters. The standard InChI is InChI=1S/C24H37BrN2O4S2Si/c1-5-14-24(18-26-33(30,31)22-12-10-21(25)11-13-22)19-27(17-20-8-6-7-9-23(20)24)32(28,29)15-16-34(2,3)4/h5-7,10-13,20,23,26H,1,8-9,14-19H2,2-4H3/t20-,23-,24?/m1/s1. The second-order valence-corrected chi connectivity index (χ2v) is 21.3. The van der Waals surface area contributed by atoms with Gasteiger partial charge in [0.15, 0.2) is 0 Å². The van der Waals surface area contributed by atoms with Gasteiger partial charge < -0.3 is 0 Å². The van der Waals surface area contributed by atoms with E-state index in [0.29, 0.717) is 25.6 Å². The van der Waals surface area contributed by atoms with Gasteiger partial charge in [-0.2, -0.15) is 0 Å². The number of halogens is 1. The van der Waals surface area contributed by atoms with E-state index in [0.717, 1.165) is 17.3 Å². The van der Waals surface area contributed by atoms with Crippen molar-refractivity contribution in [2.75, 3.05) is 25.4 Å². The van der Waals surface area contributed by atoms with Gasteiger partial charge in [-0.15, -0.1) is 6.58 Å². The minimum absolute atomic E-state index is 0.157. The Labute approximate surface area is 215 Å². The highest BCUT2D eigenvalue weighted by molar-refractivity contribution is 9.10. The molecule has 2 aliphatic rings. The van der Waals surface area contributed by atoms with Crippen LogP contribution in [0.5, 0.6) is 0 Å². The quantitative estimate of drug-likeness (QED) is 0.312. The van der Waals surface area contributed by atoms with Gasteiger partial charge in [0.1, 0.15) is 0 Å². The minimum Gasteiger partial charge on any atom is -0.212 e. The van der Waals surface area contributed by atoms with E-state index in [1.807, 2.05) is 6.08 Å². The van der Waals surface area contributed by atoms with Gasteiger partial charge in [-0.25, -0.2) is 25.9 Å². The molecule has 0 bridgehead atoms. The summed E-state index contributed by atoms with van der Waals surface area (Å²) in [4.78, 5) is 0.194. The van der Waals surface area contributed by atoms with Crippen LogP contribution in [0.15, 0.2) is 58.4 Å². The van der Waals surface area contributed by atoms with Crippen molar-refractivity contribution in [2.45, 2.75) is 49.8 Å². The molecule has 6 nitrogen and oxygen atoms in total. The fourth-order valence-electron chi connectivity index (χ4n) is 5.09. The smallest absolute Gasteiger partial charge is 0.212 e. The Morgan fingerprint density at radius 2 is 1.79 bits per heavy atom. The summed E-state index contributed by atoms with van der Waals surface area (Å²) in [6, 6.07) is 7.23. The van der Waals surface area contributed by atoms with Crippen LogP contribution in [0.1, 0.15) is 19.3 Å². The normalized spacial score (nSPS) is 26.2. The number of hydrogen-bond acceptors (Lipinski definition) is 4. The zero-order valence-electron chi connectivity index (χ0n) is 20.3. The summed E-state index contributed by atoms with van der Waals surface area (Å²) in [5.74, 6) is 0.508. The fraction of sp³-hybridized carbons (Fsp3) is 0.583. The predicted molar refractivity (Wildman–Crippen MR) is 145 cm³/mol. The molecule has 0 aromatic heterocycles. The first-order chi connectivity index (χ1) is 15.8. The number of piperidine rings is 1. The van der Waals surface area contributed by atoms with E-state index in [1.54, 1.807) is 28.6 Å². The molecule has 1 aromatic carbocycles. The Morgan fingerprint density at radius 3 is 2.41 bits per heavy atom. The fourth-order valence-corrected chi connectivity index (χ4v) is 11.1. The van der Waals surface area contributed by atoms with E-state index in [9.17, 15) is 16.8 Å². The number of nitrogens with zero attached hydrogens (tertiary/aromatic N) is 1. The lowest BCUT2D eigenvalue weighted by molar-refractivity contribution is 0.0211. The van der Waals surface area contributed by atoms with E-state index in [-0.39, 0.29) is 29.0 Å². The Bertz CT molecular complexity index is 1110. The molecule has 1 aliphatic carbocycles. The third kappa shape index (κ3) is 6.70. The summed E-state index contributed by atoms with van der Waals surface area (Å²) < 4.78 is 58.3. The van der Waals surface area contributed by atoms with Crippen molar-refractivity contribution in [3.8, 4) is 0 Å². The number of rotatable bonds is 10. The lowest BCUT2D eigenvalue weighted by Crippen LogP contribution is -2.59. The maximum atomic E-state index is 13.4. The van der Waals surface area contributed by atoms with Crippen molar-refractivity contribution in [1.82, 2.24) is 9.03 Å². The minimum atomic E-state index is -3.74. The van der Waals surface area contributed by atoms with E-state index in [4.69, 9.17) is 0 Å². The van der Waals surface area contributed by atoms with Crippen molar-refractivity contribution in [3.05, 3.63) is 53.5 Å². The summed E-state index contributed by atoms with van der Waals surface area (Å²) in [5.41, 5.74) is -0.551. The molecule has 0 radical (unpaired) electrons. The van der Waals surface area contributed by atoms with Crippen molar-refractivity contribution < 1.29 is 16.8 Å². The van der Waals surface area contributed by atoms with Crippen LogP contribution in [0.25, 0.3) is 0 Å². The molecule has 34 heavy (non-hydrogen) atoms. The molecule has 0 spiro atoms. The summed E-state index contributed by atoms with van der Waals surface area (Å²) in [7, 11) is -8.70. The highest BCUT2D eigenvalue weighted by atomic mass is 79.9. The molecule has 0 amide bonds. The first kappa shape index (κ1) is 27.8. The number of hydrogen-bond donors (Lipinski definition) is 1. The van der Waals surface area contributed by atoms with Gasteiger partial charge in [0.05, 0.1) is 10.6 Å². The van der Waals surface area contributed by atoms with Crippen molar-refractivity contribution >= 4 is 44.1 Å². The van der Waals surface area contributed by atoms with Crippen LogP contribution in [0.3, 0.4) is 0 Å². The number of benzene rings is 1. The number of allylic oxidation sites excluding steroid dienone is 3. The van der Waals surface area contributed by atoms with Crippen LogP contribution in [0, 0.1) is 17.3 Å². The Hall–Kier alpha value is -0.783. The molecule has 1 fully saturated rings. The molecule has 1 aliphatic heterocycles. The highest BCUT2D eigenvalue weighted by Crippen LogP contribution is 2.47. The second kappa shape index (κ2) is 10.7. The molecule has 3 atom stereocenters. The summed E-state index contributed by atoms with van der Waals surface area (Å²) in [6.45, 7) is 11.5. The lowest BCUT2D eigenvalue weighted by Gasteiger charge is -2.52. The molecular weight excluding hydrogens is 552 g/mol. The molecule has 1 aromatic rings. The van der Waals surface area contributed by atoms with E-state index < -0.39 is 33.5 Å². The van der Waals surface area contributed by atoms with Crippen LogP contribution >= 0.6 is 15.9 Å². The molecule has 10 heteroatoms. The molecule has 190 valence electrons. The summed E-state index contributed by atoms with van der Waals surface area (Å²) in [6.07, 6.45) is 8.26. The molecule has 3 rings (SSSR count). The molecule has 1 heterocycles. The van der Waals surface area contributed by atoms with Gasteiger partial charge in [-0.1, -0.05) is 53.8 Å². The first-order valence-electron chi connectivity index (χ1n) is 11.8. The average molecular weight is 590 g/mol. The zero-order valence-corrected chi connectivity index (χ0v) is 24.6.